The lowest BCUT2D eigenvalue weighted by atomic mass is 9.95. The standard InChI is InChI=1S/C24H30N4OS/c1-17(23(29)27(2)3)30-24-26-25-22(28(24)20-13-5-4-6-14-20)16-19-12-9-11-18-10-7-8-15-21(18)19/h7-12,15,17,20H,4-6,13-14,16H2,1-3H3/t17-/m1/s1. The number of hydrogen-bond acceptors (Lipinski definition) is 4. The van der Waals surface area contributed by atoms with Gasteiger partial charge in [-0.2, -0.15) is 0 Å². The average Bonchev–Trinajstić information content (AvgIpc) is 3.15. The van der Waals surface area contributed by atoms with Crippen LogP contribution < -0.4 is 0 Å². The number of benzene rings is 2. The maximum absolute atomic E-state index is 12.4. The summed E-state index contributed by atoms with van der Waals surface area (Å²) in [4.78, 5) is 14.1. The highest BCUT2D eigenvalue weighted by atomic mass is 32.2. The Hall–Kier alpha value is -2.34. The summed E-state index contributed by atoms with van der Waals surface area (Å²) in [6.45, 7) is 1.96. The molecule has 1 aliphatic rings. The molecule has 0 unspecified atom stereocenters. The summed E-state index contributed by atoms with van der Waals surface area (Å²) in [5.74, 6) is 1.11. The topological polar surface area (TPSA) is 51.0 Å². The van der Waals surface area contributed by atoms with Gasteiger partial charge in [0.05, 0.1) is 5.25 Å². The number of rotatable bonds is 6. The van der Waals surface area contributed by atoms with Crippen molar-refractivity contribution in [1.29, 1.82) is 0 Å². The van der Waals surface area contributed by atoms with Gasteiger partial charge in [-0.05, 0) is 36.1 Å². The Labute approximate surface area is 182 Å². The van der Waals surface area contributed by atoms with E-state index in [0.717, 1.165) is 30.2 Å². The maximum atomic E-state index is 12.4. The van der Waals surface area contributed by atoms with Crippen LogP contribution >= 0.6 is 11.8 Å². The van der Waals surface area contributed by atoms with Gasteiger partial charge in [-0.25, -0.2) is 0 Å². The Morgan fingerprint density at radius 1 is 1.10 bits per heavy atom. The van der Waals surface area contributed by atoms with Gasteiger partial charge in [-0.15, -0.1) is 10.2 Å². The second kappa shape index (κ2) is 9.21. The first-order valence-electron chi connectivity index (χ1n) is 10.8. The molecule has 0 radical (unpaired) electrons. The summed E-state index contributed by atoms with van der Waals surface area (Å²) in [7, 11) is 3.61. The van der Waals surface area contributed by atoms with E-state index < -0.39 is 0 Å². The van der Waals surface area contributed by atoms with Crippen LogP contribution in [0.2, 0.25) is 0 Å². The number of carbonyl (C=O) groups excluding carboxylic acids is 1. The SMILES string of the molecule is C[C@@H](Sc1nnc(Cc2cccc3ccccc23)n1C1CCCCC1)C(=O)N(C)C. The maximum Gasteiger partial charge on any atom is 0.235 e. The predicted molar refractivity (Wildman–Crippen MR) is 123 cm³/mol. The molecule has 0 spiro atoms. The van der Waals surface area contributed by atoms with Gasteiger partial charge in [0.2, 0.25) is 5.91 Å². The van der Waals surface area contributed by atoms with Crippen LogP contribution in [0.25, 0.3) is 10.8 Å². The minimum absolute atomic E-state index is 0.105. The summed E-state index contributed by atoms with van der Waals surface area (Å²) in [6, 6.07) is 15.4. The van der Waals surface area contributed by atoms with Gasteiger partial charge in [-0.1, -0.05) is 73.5 Å². The zero-order valence-electron chi connectivity index (χ0n) is 18.0. The lowest BCUT2D eigenvalue weighted by molar-refractivity contribution is -0.127. The van der Waals surface area contributed by atoms with Crippen molar-refractivity contribution < 1.29 is 4.79 Å². The van der Waals surface area contributed by atoms with Crippen molar-refractivity contribution >= 4 is 28.4 Å². The Kier molecular flexibility index (Phi) is 6.42. The predicted octanol–water partition coefficient (Wildman–Crippen LogP) is 5.10. The first-order chi connectivity index (χ1) is 14.5. The summed E-state index contributed by atoms with van der Waals surface area (Å²) in [5.41, 5.74) is 1.27. The summed E-state index contributed by atoms with van der Waals surface area (Å²) < 4.78 is 2.34. The molecule has 1 atom stereocenters. The summed E-state index contributed by atoms with van der Waals surface area (Å²) >= 11 is 1.53. The van der Waals surface area contributed by atoms with E-state index in [4.69, 9.17) is 0 Å². The molecule has 0 aliphatic heterocycles. The van der Waals surface area contributed by atoms with Crippen molar-refractivity contribution in [3.63, 3.8) is 0 Å². The molecule has 4 rings (SSSR count). The molecule has 1 fully saturated rings. The molecule has 1 aliphatic carbocycles. The second-order valence-corrected chi connectivity index (χ2v) is 9.68. The number of amides is 1. The molecule has 1 amide bonds. The van der Waals surface area contributed by atoms with Crippen LogP contribution in [0.15, 0.2) is 47.6 Å². The van der Waals surface area contributed by atoms with E-state index in [1.165, 1.54) is 47.4 Å². The van der Waals surface area contributed by atoms with Crippen LogP contribution in [-0.4, -0.2) is 44.9 Å². The van der Waals surface area contributed by atoms with E-state index in [9.17, 15) is 4.79 Å². The van der Waals surface area contributed by atoms with Gasteiger partial charge >= 0.3 is 0 Å². The number of nitrogens with zero attached hydrogens (tertiary/aromatic N) is 4. The van der Waals surface area contributed by atoms with Crippen molar-refractivity contribution in [2.75, 3.05) is 14.1 Å². The number of hydrogen-bond donors (Lipinski definition) is 0. The molecule has 0 N–H and O–H groups in total. The smallest absolute Gasteiger partial charge is 0.235 e. The monoisotopic (exact) mass is 422 g/mol. The van der Waals surface area contributed by atoms with Gasteiger partial charge in [0.1, 0.15) is 5.82 Å². The summed E-state index contributed by atoms with van der Waals surface area (Å²) in [6.07, 6.45) is 6.85. The zero-order chi connectivity index (χ0) is 21.1. The zero-order valence-corrected chi connectivity index (χ0v) is 18.9. The Balaban J connectivity index is 1.68. The highest BCUT2D eigenvalue weighted by Crippen LogP contribution is 2.35. The van der Waals surface area contributed by atoms with Crippen molar-refractivity contribution in [2.45, 2.75) is 61.9 Å². The van der Waals surface area contributed by atoms with Crippen molar-refractivity contribution in [1.82, 2.24) is 19.7 Å². The van der Waals surface area contributed by atoms with Gasteiger partial charge < -0.3 is 9.47 Å². The number of thioether (sulfide) groups is 1. The number of carbonyl (C=O) groups is 1. The quantitative estimate of drug-likeness (QED) is 0.519. The van der Waals surface area contributed by atoms with Crippen LogP contribution in [0, 0.1) is 0 Å². The van der Waals surface area contributed by atoms with Crippen LogP contribution in [0.5, 0.6) is 0 Å². The van der Waals surface area contributed by atoms with Crippen LogP contribution in [-0.2, 0) is 11.2 Å². The Bertz CT molecular complexity index is 1020. The molecule has 158 valence electrons. The molecule has 3 aromatic rings. The fourth-order valence-electron chi connectivity index (χ4n) is 4.40. The third-order valence-corrected chi connectivity index (χ3v) is 7.02. The molecule has 5 nitrogen and oxygen atoms in total. The Morgan fingerprint density at radius 3 is 2.60 bits per heavy atom. The van der Waals surface area contributed by atoms with E-state index in [1.807, 2.05) is 6.92 Å². The summed E-state index contributed by atoms with van der Waals surface area (Å²) in [5, 5.41) is 12.4. The number of fused-ring (bicyclic) bond motifs is 1. The molecule has 0 bridgehead atoms. The third-order valence-electron chi connectivity index (χ3n) is 5.97. The van der Waals surface area contributed by atoms with E-state index >= 15 is 0 Å². The lowest BCUT2D eigenvalue weighted by Gasteiger charge is -2.26. The first kappa shape index (κ1) is 20.9. The van der Waals surface area contributed by atoms with Crippen molar-refractivity contribution in [2.24, 2.45) is 0 Å². The average molecular weight is 423 g/mol. The molecular formula is C24H30N4OS. The molecule has 1 heterocycles. The lowest BCUT2D eigenvalue weighted by Crippen LogP contribution is -2.30. The second-order valence-electron chi connectivity index (χ2n) is 8.37. The van der Waals surface area contributed by atoms with Crippen molar-refractivity contribution in [3.8, 4) is 0 Å². The Morgan fingerprint density at radius 2 is 1.83 bits per heavy atom. The van der Waals surface area contributed by atoms with Crippen LogP contribution in [0.1, 0.15) is 56.5 Å². The normalized spacial score (nSPS) is 16.0. The van der Waals surface area contributed by atoms with Crippen molar-refractivity contribution in [3.05, 3.63) is 53.9 Å². The highest BCUT2D eigenvalue weighted by Gasteiger charge is 2.26. The highest BCUT2D eigenvalue weighted by molar-refractivity contribution is 8.00. The van der Waals surface area contributed by atoms with Crippen LogP contribution in [0.3, 0.4) is 0 Å². The molecule has 1 saturated carbocycles. The fraction of sp³-hybridized carbons (Fsp3) is 0.458. The molecule has 1 aromatic heterocycles. The van der Waals surface area contributed by atoms with E-state index in [0.29, 0.717) is 6.04 Å². The third kappa shape index (κ3) is 4.38. The van der Waals surface area contributed by atoms with E-state index in [2.05, 4.69) is 57.2 Å². The van der Waals surface area contributed by atoms with Gasteiger partial charge in [-0.3, -0.25) is 4.79 Å². The van der Waals surface area contributed by atoms with E-state index in [1.54, 1.807) is 19.0 Å². The molecule has 30 heavy (non-hydrogen) atoms. The first-order valence-corrected chi connectivity index (χ1v) is 11.7. The molecular weight excluding hydrogens is 392 g/mol. The van der Waals surface area contributed by atoms with Gasteiger partial charge in [0, 0.05) is 26.6 Å². The minimum atomic E-state index is -0.183. The van der Waals surface area contributed by atoms with Gasteiger partial charge in [0.25, 0.3) is 0 Å². The molecule has 2 aromatic carbocycles. The minimum Gasteiger partial charge on any atom is -0.348 e. The molecule has 6 heteroatoms. The van der Waals surface area contributed by atoms with Crippen LogP contribution in [0.4, 0.5) is 0 Å². The van der Waals surface area contributed by atoms with E-state index in [-0.39, 0.29) is 11.2 Å². The van der Waals surface area contributed by atoms with Gasteiger partial charge in [0.15, 0.2) is 5.16 Å². The number of aromatic nitrogens is 3. The molecule has 0 saturated heterocycles. The fourth-order valence-corrected chi connectivity index (χ4v) is 5.49. The largest absolute Gasteiger partial charge is 0.348 e.